The van der Waals surface area contributed by atoms with Gasteiger partial charge in [-0.3, -0.25) is 18.7 Å². The van der Waals surface area contributed by atoms with E-state index in [4.69, 9.17) is 8.94 Å². The number of imidazole rings is 1. The van der Waals surface area contributed by atoms with Crippen molar-refractivity contribution in [3.05, 3.63) is 88.7 Å². The standard InChI is InChI=1S/C23H15FN6O3/c1-13-5-8-18(32-13)21-27-22(33-28-21)19-20-23(31)29(11-15-4-2-3-9-25-15)17-10-14(24)6-7-16(17)30(20)12-26-19/h2-10,12H,11H2,1H3. The van der Waals surface area contributed by atoms with Crippen molar-refractivity contribution in [2.45, 2.75) is 13.5 Å². The predicted molar refractivity (Wildman–Crippen MR) is 116 cm³/mol. The molecule has 0 aliphatic rings. The number of halogens is 1. The molecule has 0 fully saturated rings. The normalized spacial score (nSPS) is 11.6. The van der Waals surface area contributed by atoms with Gasteiger partial charge in [-0.05, 0) is 49.4 Å². The number of pyridine rings is 1. The van der Waals surface area contributed by atoms with Crippen LogP contribution in [0.1, 0.15) is 11.5 Å². The quantitative estimate of drug-likeness (QED) is 0.408. The fourth-order valence-electron chi connectivity index (χ4n) is 3.83. The number of fused-ring (bicyclic) bond motifs is 3. The minimum Gasteiger partial charge on any atom is -0.458 e. The summed E-state index contributed by atoms with van der Waals surface area (Å²) in [4.78, 5) is 26.7. The van der Waals surface area contributed by atoms with Crippen LogP contribution in [0.25, 0.3) is 39.7 Å². The molecule has 6 aromatic rings. The maximum Gasteiger partial charge on any atom is 0.279 e. The van der Waals surface area contributed by atoms with Gasteiger partial charge in [-0.1, -0.05) is 11.2 Å². The number of benzene rings is 1. The lowest BCUT2D eigenvalue weighted by molar-refractivity contribution is 0.428. The van der Waals surface area contributed by atoms with Crippen molar-refractivity contribution in [1.82, 2.24) is 29.1 Å². The zero-order valence-corrected chi connectivity index (χ0v) is 17.3. The first-order valence-corrected chi connectivity index (χ1v) is 10.1. The Kier molecular flexibility index (Phi) is 4.19. The van der Waals surface area contributed by atoms with E-state index < -0.39 is 5.82 Å². The second-order valence-corrected chi connectivity index (χ2v) is 7.49. The summed E-state index contributed by atoms with van der Waals surface area (Å²) in [5, 5.41) is 3.96. The Morgan fingerprint density at radius 1 is 1.06 bits per heavy atom. The third kappa shape index (κ3) is 3.11. The molecule has 0 aliphatic heterocycles. The van der Waals surface area contributed by atoms with Crippen LogP contribution in [-0.2, 0) is 6.54 Å². The fourth-order valence-corrected chi connectivity index (χ4v) is 3.83. The minimum atomic E-state index is -0.452. The molecular formula is C23H15FN6O3. The van der Waals surface area contributed by atoms with Crippen molar-refractivity contribution >= 4 is 16.6 Å². The SMILES string of the molecule is Cc1ccc(-c2noc(-c3ncn4c3c(=O)n(Cc3ccccn3)c3cc(F)ccc34)n2)o1. The largest absolute Gasteiger partial charge is 0.458 e. The highest BCUT2D eigenvalue weighted by molar-refractivity contribution is 5.83. The summed E-state index contributed by atoms with van der Waals surface area (Å²) in [6.45, 7) is 1.97. The third-order valence-corrected chi connectivity index (χ3v) is 5.34. The highest BCUT2D eigenvalue weighted by Crippen LogP contribution is 2.26. The molecule has 0 N–H and O–H groups in total. The summed E-state index contributed by atoms with van der Waals surface area (Å²) < 4.78 is 28.1. The van der Waals surface area contributed by atoms with E-state index in [0.29, 0.717) is 28.2 Å². The van der Waals surface area contributed by atoms with Crippen LogP contribution < -0.4 is 5.56 Å². The van der Waals surface area contributed by atoms with Gasteiger partial charge in [0.25, 0.3) is 11.4 Å². The van der Waals surface area contributed by atoms with Crippen LogP contribution in [0, 0.1) is 12.7 Å². The van der Waals surface area contributed by atoms with E-state index in [1.165, 1.54) is 23.0 Å². The average Bonchev–Trinajstić information content (AvgIpc) is 3.56. The van der Waals surface area contributed by atoms with Crippen molar-refractivity contribution < 1.29 is 13.3 Å². The molecule has 1 aromatic carbocycles. The molecule has 5 aromatic heterocycles. The molecule has 5 heterocycles. The van der Waals surface area contributed by atoms with Crippen LogP contribution in [0.2, 0.25) is 0 Å². The topological polar surface area (TPSA) is 104 Å². The molecule has 0 radical (unpaired) electrons. The number of aryl methyl sites for hydroxylation is 1. The second-order valence-electron chi connectivity index (χ2n) is 7.49. The molecule has 33 heavy (non-hydrogen) atoms. The van der Waals surface area contributed by atoms with Gasteiger partial charge in [-0.25, -0.2) is 9.37 Å². The van der Waals surface area contributed by atoms with E-state index in [1.807, 2.05) is 13.0 Å². The highest BCUT2D eigenvalue weighted by Gasteiger charge is 2.22. The summed E-state index contributed by atoms with van der Waals surface area (Å²) in [6, 6.07) is 13.2. The van der Waals surface area contributed by atoms with Gasteiger partial charge in [0.15, 0.2) is 11.5 Å². The predicted octanol–water partition coefficient (Wildman–Crippen LogP) is 3.85. The van der Waals surface area contributed by atoms with Crippen LogP contribution in [0.15, 0.2) is 74.8 Å². The van der Waals surface area contributed by atoms with Gasteiger partial charge in [0.2, 0.25) is 5.82 Å². The lowest BCUT2D eigenvalue weighted by atomic mass is 10.2. The summed E-state index contributed by atoms with van der Waals surface area (Å²) in [7, 11) is 0. The number of aromatic nitrogens is 6. The Labute approximate surface area is 184 Å². The molecular weight excluding hydrogens is 427 g/mol. The van der Waals surface area contributed by atoms with Gasteiger partial charge >= 0.3 is 0 Å². The van der Waals surface area contributed by atoms with Gasteiger partial charge < -0.3 is 8.94 Å². The van der Waals surface area contributed by atoms with E-state index in [2.05, 4.69) is 20.1 Å². The van der Waals surface area contributed by atoms with E-state index in [9.17, 15) is 9.18 Å². The van der Waals surface area contributed by atoms with Crippen molar-refractivity contribution in [3.8, 4) is 23.2 Å². The molecule has 0 saturated carbocycles. The van der Waals surface area contributed by atoms with Gasteiger partial charge in [-0.15, -0.1) is 0 Å². The molecule has 0 amide bonds. The summed E-state index contributed by atoms with van der Waals surface area (Å²) in [5.41, 5.74) is 1.74. The van der Waals surface area contributed by atoms with Gasteiger partial charge in [0.05, 0.1) is 23.3 Å². The Bertz CT molecular complexity index is 1700. The van der Waals surface area contributed by atoms with Crippen molar-refractivity contribution in [3.63, 3.8) is 0 Å². The van der Waals surface area contributed by atoms with Crippen molar-refractivity contribution in [1.29, 1.82) is 0 Å². The van der Waals surface area contributed by atoms with Crippen molar-refractivity contribution in [2.75, 3.05) is 0 Å². The monoisotopic (exact) mass is 442 g/mol. The van der Waals surface area contributed by atoms with E-state index in [1.54, 1.807) is 40.9 Å². The molecule has 0 saturated heterocycles. The van der Waals surface area contributed by atoms with Gasteiger partial charge in [0.1, 0.15) is 23.4 Å². The van der Waals surface area contributed by atoms with Crippen LogP contribution in [-0.4, -0.2) is 29.1 Å². The molecule has 0 aliphatic carbocycles. The lowest BCUT2D eigenvalue weighted by Gasteiger charge is -2.12. The van der Waals surface area contributed by atoms with Gasteiger partial charge in [-0.2, -0.15) is 4.98 Å². The van der Waals surface area contributed by atoms with Crippen LogP contribution >= 0.6 is 0 Å². The van der Waals surface area contributed by atoms with Crippen LogP contribution in [0.4, 0.5) is 4.39 Å². The molecule has 0 atom stereocenters. The molecule has 0 unspecified atom stereocenters. The summed E-state index contributed by atoms with van der Waals surface area (Å²) in [6.07, 6.45) is 3.13. The highest BCUT2D eigenvalue weighted by atomic mass is 19.1. The average molecular weight is 442 g/mol. The zero-order chi connectivity index (χ0) is 22.5. The molecule has 0 spiro atoms. The number of furan rings is 1. The van der Waals surface area contributed by atoms with E-state index in [0.717, 1.165) is 0 Å². The second kappa shape index (κ2) is 7.23. The molecule has 9 nitrogen and oxygen atoms in total. The van der Waals surface area contributed by atoms with Crippen LogP contribution in [0.3, 0.4) is 0 Å². The number of hydrogen-bond acceptors (Lipinski definition) is 7. The minimum absolute atomic E-state index is 0.0736. The van der Waals surface area contributed by atoms with Crippen molar-refractivity contribution in [2.24, 2.45) is 0 Å². The third-order valence-electron chi connectivity index (χ3n) is 5.34. The number of hydrogen-bond donors (Lipinski definition) is 0. The zero-order valence-electron chi connectivity index (χ0n) is 17.3. The maximum absolute atomic E-state index is 14.1. The summed E-state index contributed by atoms with van der Waals surface area (Å²) >= 11 is 0. The first kappa shape index (κ1) is 19.1. The maximum atomic E-state index is 14.1. The first-order valence-electron chi connectivity index (χ1n) is 10.1. The Morgan fingerprint density at radius 3 is 2.76 bits per heavy atom. The first-order chi connectivity index (χ1) is 16.1. The Hall–Kier alpha value is -4.60. The number of nitrogens with zero attached hydrogens (tertiary/aromatic N) is 6. The molecule has 6 rings (SSSR count). The van der Waals surface area contributed by atoms with E-state index in [-0.39, 0.29) is 35.0 Å². The molecule has 10 heteroatoms. The lowest BCUT2D eigenvalue weighted by Crippen LogP contribution is -2.24. The smallest absolute Gasteiger partial charge is 0.279 e. The van der Waals surface area contributed by atoms with Crippen LogP contribution in [0.5, 0.6) is 0 Å². The fraction of sp³-hybridized carbons (Fsp3) is 0.0870. The van der Waals surface area contributed by atoms with Gasteiger partial charge in [0, 0.05) is 6.20 Å². The number of rotatable bonds is 4. The Balaban J connectivity index is 1.59. The Morgan fingerprint density at radius 2 is 1.97 bits per heavy atom. The molecule has 0 bridgehead atoms. The molecule has 162 valence electrons. The summed E-state index contributed by atoms with van der Waals surface area (Å²) in [5.74, 6) is 1.02. The van der Waals surface area contributed by atoms with E-state index >= 15 is 0 Å².